The molecule has 0 heterocycles. The first-order valence-electron chi connectivity index (χ1n) is 4.72. The molecule has 0 amide bonds. The zero-order chi connectivity index (χ0) is 12.0. The molecule has 0 bridgehead atoms. The summed E-state index contributed by atoms with van der Waals surface area (Å²) in [6.45, 7) is 2.06. The van der Waals surface area contributed by atoms with Crippen LogP contribution in [0.2, 0.25) is 5.02 Å². The third kappa shape index (κ3) is 3.41. The van der Waals surface area contributed by atoms with Gasteiger partial charge in [0.05, 0.1) is 18.2 Å². The molecule has 0 spiro atoms. The fraction of sp³-hybridized carbons (Fsp3) is 0.167. The largest absolute Gasteiger partial charge is 0.463 e. The Balaban J connectivity index is 2.89. The Kier molecular flexibility index (Phi) is 4.56. The van der Waals surface area contributed by atoms with Crippen LogP contribution in [0.25, 0.3) is 6.08 Å². The van der Waals surface area contributed by atoms with Gasteiger partial charge in [0.15, 0.2) is 0 Å². The minimum Gasteiger partial charge on any atom is -0.463 e. The van der Waals surface area contributed by atoms with Crippen LogP contribution in [0.1, 0.15) is 18.1 Å². The van der Waals surface area contributed by atoms with Crippen molar-refractivity contribution in [1.29, 1.82) is 5.26 Å². The van der Waals surface area contributed by atoms with E-state index in [1.807, 2.05) is 6.07 Å². The topological polar surface area (TPSA) is 50.1 Å². The molecule has 16 heavy (non-hydrogen) atoms. The fourth-order valence-electron chi connectivity index (χ4n) is 1.12. The first kappa shape index (κ1) is 12.3. The summed E-state index contributed by atoms with van der Waals surface area (Å²) < 4.78 is 4.73. The molecule has 0 aromatic heterocycles. The molecule has 82 valence electrons. The predicted octanol–water partition coefficient (Wildman–Crippen LogP) is 2.79. The number of carbonyl (C=O) groups is 1. The van der Waals surface area contributed by atoms with Gasteiger partial charge in [0.2, 0.25) is 0 Å². The summed E-state index contributed by atoms with van der Waals surface area (Å²) in [5.74, 6) is -0.429. The number of ether oxygens (including phenoxy) is 1. The van der Waals surface area contributed by atoms with Gasteiger partial charge in [-0.15, -0.1) is 0 Å². The number of halogens is 1. The Morgan fingerprint density at radius 1 is 1.62 bits per heavy atom. The standard InChI is InChI=1S/C12H10ClNO2/c1-2-16-12(15)6-4-9-3-5-11(13)7-10(9)8-14/h3-7H,2H2,1H3/b6-4+. The van der Waals surface area contributed by atoms with E-state index in [0.29, 0.717) is 22.8 Å². The lowest BCUT2D eigenvalue weighted by molar-refractivity contribution is -0.137. The van der Waals surface area contributed by atoms with E-state index in [2.05, 4.69) is 0 Å². The molecular weight excluding hydrogens is 226 g/mol. The molecule has 0 aliphatic rings. The van der Waals surface area contributed by atoms with E-state index in [1.54, 1.807) is 25.1 Å². The lowest BCUT2D eigenvalue weighted by Gasteiger charge is -1.98. The maximum Gasteiger partial charge on any atom is 0.330 e. The quantitative estimate of drug-likeness (QED) is 0.598. The molecular formula is C12H10ClNO2. The monoisotopic (exact) mass is 235 g/mol. The van der Waals surface area contributed by atoms with E-state index in [1.165, 1.54) is 12.2 Å². The number of esters is 1. The third-order valence-corrected chi connectivity index (χ3v) is 2.06. The van der Waals surface area contributed by atoms with Crippen molar-refractivity contribution in [2.45, 2.75) is 6.92 Å². The van der Waals surface area contributed by atoms with Crippen molar-refractivity contribution >= 4 is 23.6 Å². The molecule has 3 nitrogen and oxygen atoms in total. The number of hydrogen-bond acceptors (Lipinski definition) is 3. The van der Waals surface area contributed by atoms with Crippen molar-refractivity contribution in [3.05, 3.63) is 40.4 Å². The zero-order valence-electron chi connectivity index (χ0n) is 8.74. The van der Waals surface area contributed by atoms with Crippen LogP contribution in [0.5, 0.6) is 0 Å². The number of hydrogen-bond donors (Lipinski definition) is 0. The van der Waals surface area contributed by atoms with Gasteiger partial charge in [-0.2, -0.15) is 5.26 Å². The van der Waals surface area contributed by atoms with Crippen molar-refractivity contribution in [3.8, 4) is 6.07 Å². The lowest BCUT2D eigenvalue weighted by atomic mass is 10.1. The highest BCUT2D eigenvalue weighted by molar-refractivity contribution is 6.30. The molecule has 1 aromatic rings. The Bertz CT molecular complexity index is 461. The minimum absolute atomic E-state index is 0.328. The number of nitriles is 1. The summed E-state index contributed by atoms with van der Waals surface area (Å²) in [5, 5.41) is 9.34. The molecule has 0 unspecified atom stereocenters. The maximum atomic E-state index is 11.1. The smallest absolute Gasteiger partial charge is 0.330 e. The van der Waals surface area contributed by atoms with Crippen LogP contribution in [0.4, 0.5) is 0 Å². The van der Waals surface area contributed by atoms with Crippen LogP contribution in [0, 0.1) is 11.3 Å². The highest BCUT2D eigenvalue weighted by atomic mass is 35.5. The summed E-state index contributed by atoms with van der Waals surface area (Å²) in [4.78, 5) is 11.1. The molecule has 0 N–H and O–H groups in total. The molecule has 0 saturated carbocycles. The summed E-state index contributed by atoms with van der Waals surface area (Å²) in [5.41, 5.74) is 1.06. The SMILES string of the molecule is CCOC(=O)/C=C/c1ccc(Cl)cc1C#N. The van der Waals surface area contributed by atoms with Gasteiger partial charge in [0.25, 0.3) is 0 Å². The van der Waals surface area contributed by atoms with E-state index in [-0.39, 0.29) is 0 Å². The molecule has 1 rings (SSSR count). The third-order valence-electron chi connectivity index (χ3n) is 1.82. The van der Waals surface area contributed by atoms with Gasteiger partial charge in [-0.05, 0) is 30.7 Å². The number of carbonyl (C=O) groups excluding carboxylic acids is 1. The second-order valence-corrected chi connectivity index (χ2v) is 3.37. The highest BCUT2D eigenvalue weighted by Gasteiger charge is 2.00. The van der Waals surface area contributed by atoms with Gasteiger partial charge in [-0.25, -0.2) is 4.79 Å². The zero-order valence-corrected chi connectivity index (χ0v) is 9.49. The molecule has 0 radical (unpaired) electrons. The van der Waals surface area contributed by atoms with E-state index in [4.69, 9.17) is 21.6 Å². The van der Waals surface area contributed by atoms with Gasteiger partial charge < -0.3 is 4.74 Å². The fourth-order valence-corrected chi connectivity index (χ4v) is 1.29. The molecule has 0 aliphatic carbocycles. The van der Waals surface area contributed by atoms with Crippen LogP contribution >= 0.6 is 11.6 Å². The van der Waals surface area contributed by atoms with Crippen LogP contribution in [-0.4, -0.2) is 12.6 Å². The van der Waals surface area contributed by atoms with Crippen molar-refractivity contribution in [3.63, 3.8) is 0 Å². The average Bonchev–Trinajstić information content (AvgIpc) is 2.27. The van der Waals surface area contributed by atoms with Crippen molar-refractivity contribution < 1.29 is 9.53 Å². The summed E-state index contributed by atoms with van der Waals surface area (Å²) in [7, 11) is 0. The maximum absolute atomic E-state index is 11.1. The van der Waals surface area contributed by atoms with Crippen molar-refractivity contribution in [2.75, 3.05) is 6.61 Å². The number of benzene rings is 1. The molecule has 0 aliphatic heterocycles. The van der Waals surface area contributed by atoms with Gasteiger partial charge in [0, 0.05) is 11.1 Å². The van der Waals surface area contributed by atoms with Gasteiger partial charge in [0.1, 0.15) is 0 Å². The Labute approximate surface area is 98.9 Å². The molecule has 0 saturated heterocycles. The number of rotatable bonds is 3. The second-order valence-electron chi connectivity index (χ2n) is 2.93. The number of nitrogens with zero attached hydrogens (tertiary/aromatic N) is 1. The van der Waals surface area contributed by atoms with Crippen molar-refractivity contribution in [1.82, 2.24) is 0 Å². The van der Waals surface area contributed by atoms with E-state index < -0.39 is 5.97 Å². The van der Waals surface area contributed by atoms with Gasteiger partial charge in [-0.1, -0.05) is 17.7 Å². The van der Waals surface area contributed by atoms with Gasteiger partial charge in [-0.3, -0.25) is 0 Å². The molecule has 4 heteroatoms. The van der Waals surface area contributed by atoms with Crippen LogP contribution in [0.15, 0.2) is 24.3 Å². The van der Waals surface area contributed by atoms with Crippen LogP contribution in [0.3, 0.4) is 0 Å². The lowest BCUT2D eigenvalue weighted by Crippen LogP contribution is -1.98. The Morgan fingerprint density at radius 2 is 2.38 bits per heavy atom. The van der Waals surface area contributed by atoms with Crippen LogP contribution < -0.4 is 0 Å². The second kappa shape index (κ2) is 5.94. The minimum atomic E-state index is -0.429. The normalized spacial score (nSPS) is 10.1. The van der Waals surface area contributed by atoms with E-state index >= 15 is 0 Å². The Morgan fingerprint density at radius 3 is 3.00 bits per heavy atom. The first-order chi connectivity index (χ1) is 7.67. The summed E-state index contributed by atoms with van der Waals surface area (Å²) >= 11 is 5.74. The van der Waals surface area contributed by atoms with Crippen molar-refractivity contribution in [2.24, 2.45) is 0 Å². The average molecular weight is 236 g/mol. The predicted molar refractivity (Wildman–Crippen MR) is 61.8 cm³/mol. The molecule has 0 fully saturated rings. The highest BCUT2D eigenvalue weighted by Crippen LogP contribution is 2.16. The Hall–Kier alpha value is -1.79. The summed E-state index contributed by atoms with van der Waals surface area (Å²) in [6, 6.07) is 6.89. The van der Waals surface area contributed by atoms with Crippen LogP contribution in [-0.2, 0) is 9.53 Å². The first-order valence-corrected chi connectivity index (χ1v) is 5.09. The molecule has 1 aromatic carbocycles. The summed E-state index contributed by atoms with van der Waals surface area (Å²) in [6.07, 6.45) is 2.82. The van der Waals surface area contributed by atoms with Gasteiger partial charge >= 0.3 is 5.97 Å². The molecule has 0 atom stereocenters. The van der Waals surface area contributed by atoms with E-state index in [9.17, 15) is 4.79 Å². The van der Waals surface area contributed by atoms with E-state index in [0.717, 1.165) is 0 Å².